The largest absolute Gasteiger partial charge is 0.420 e. The molecule has 0 bridgehead atoms. The minimum Gasteiger partial charge on any atom is -0.420 e. The summed E-state index contributed by atoms with van der Waals surface area (Å²) in [6.45, 7) is 4.20. The Labute approximate surface area is 164 Å². The maximum absolute atomic E-state index is 5.81. The Morgan fingerprint density at radius 1 is 1.00 bits per heavy atom. The van der Waals surface area contributed by atoms with E-state index in [1.807, 2.05) is 24.3 Å². The SMILES string of the molecule is Cc1cc(SCc2nnc(-c3ccccc3Br)o2)nc2c(C)cccc12. The maximum Gasteiger partial charge on any atom is 0.248 e. The van der Waals surface area contributed by atoms with E-state index in [1.165, 1.54) is 16.5 Å². The predicted molar refractivity (Wildman–Crippen MR) is 108 cm³/mol. The first-order valence-corrected chi connectivity index (χ1v) is 9.97. The molecule has 6 heteroatoms. The second kappa shape index (κ2) is 7.21. The molecule has 0 amide bonds. The summed E-state index contributed by atoms with van der Waals surface area (Å²) in [5, 5.41) is 10.5. The molecule has 4 nitrogen and oxygen atoms in total. The molecule has 0 unspecified atom stereocenters. The van der Waals surface area contributed by atoms with Crippen LogP contribution in [-0.4, -0.2) is 15.2 Å². The number of aromatic nitrogens is 3. The summed E-state index contributed by atoms with van der Waals surface area (Å²) >= 11 is 5.12. The van der Waals surface area contributed by atoms with Gasteiger partial charge < -0.3 is 4.42 Å². The van der Waals surface area contributed by atoms with Crippen molar-refractivity contribution >= 4 is 38.6 Å². The van der Waals surface area contributed by atoms with E-state index in [4.69, 9.17) is 9.40 Å². The van der Waals surface area contributed by atoms with Crippen LogP contribution < -0.4 is 0 Å². The number of aryl methyl sites for hydroxylation is 2. The zero-order valence-electron chi connectivity index (χ0n) is 14.4. The van der Waals surface area contributed by atoms with Gasteiger partial charge in [-0.05, 0) is 59.1 Å². The second-order valence-corrected chi connectivity index (χ2v) is 7.87. The third-order valence-electron chi connectivity index (χ3n) is 4.14. The van der Waals surface area contributed by atoms with Crippen LogP contribution in [0.15, 0.2) is 62.4 Å². The summed E-state index contributed by atoms with van der Waals surface area (Å²) < 4.78 is 6.75. The first-order valence-electron chi connectivity index (χ1n) is 8.19. The van der Waals surface area contributed by atoms with E-state index in [9.17, 15) is 0 Å². The van der Waals surface area contributed by atoms with E-state index < -0.39 is 0 Å². The van der Waals surface area contributed by atoms with Crippen molar-refractivity contribution in [1.82, 2.24) is 15.2 Å². The van der Waals surface area contributed by atoms with Crippen LogP contribution in [0.3, 0.4) is 0 Å². The van der Waals surface area contributed by atoms with E-state index in [1.54, 1.807) is 11.8 Å². The van der Waals surface area contributed by atoms with Crippen molar-refractivity contribution < 1.29 is 4.42 Å². The monoisotopic (exact) mass is 425 g/mol. The van der Waals surface area contributed by atoms with Crippen LogP contribution in [-0.2, 0) is 5.75 Å². The fourth-order valence-corrected chi connectivity index (χ4v) is 4.05. The maximum atomic E-state index is 5.81. The first kappa shape index (κ1) is 17.2. The molecule has 26 heavy (non-hydrogen) atoms. The Morgan fingerprint density at radius 2 is 1.85 bits per heavy atom. The van der Waals surface area contributed by atoms with Gasteiger partial charge in [-0.15, -0.1) is 10.2 Å². The quantitative estimate of drug-likeness (QED) is 0.377. The highest BCUT2D eigenvalue weighted by Crippen LogP contribution is 2.30. The average Bonchev–Trinajstić information content (AvgIpc) is 3.10. The number of para-hydroxylation sites is 1. The molecule has 0 N–H and O–H groups in total. The highest BCUT2D eigenvalue weighted by Gasteiger charge is 2.12. The summed E-state index contributed by atoms with van der Waals surface area (Å²) in [5.74, 6) is 1.69. The molecule has 2 heterocycles. The van der Waals surface area contributed by atoms with Gasteiger partial charge in [0.25, 0.3) is 0 Å². The van der Waals surface area contributed by atoms with Gasteiger partial charge in [0.2, 0.25) is 11.8 Å². The lowest BCUT2D eigenvalue weighted by atomic mass is 10.1. The Morgan fingerprint density at radius 3 is 2.69 bits per heavy atom. The van der Waals surface area contributed by atoms with Gasteiger partial charge in [0.15, 0.2) is 0 Å². The summed E-state index contributed by atoms with van der Waals surface area (Å²) in [6, 6.07) is 16.2. The third-order valence-corrected chi connectivity index (χ3v) is 5.73. The summed E-state index contributed by atoms with van der Waals surface area (Å²) in [5.41, 5.74) is 4.35. The normalized spacial score (nSPS) is 11.2. The fraction of sp³-hybridized carbons (Fsp3) is 0.150. The number of fused-ring (bicyclic) bond motifs is 1. The molecule has 0 saturated heterocycles. The number of pyridine rings is 1. The van der Waals surface area contributed by atoms with E-state index in [2.05, 4.69) is 64.2 Å². The zero-order chi connectivity index (χ0) is 18.1. The summed E-state index contributed by atoms with van der Waals surface area (Å²) in [6.07, 6.45) is 0. The molecule has 0 aliphatic rings. The molecule has 4 aromatic rings. The lowest BCUT2D eigenvalue weighted by Gasteiger charge is -2.07. The van der Waals surface area contributed by atoms with Crippen LogP contribution in [0.1, 0.15) is 17.0 Å². The van der Waals surface area contributed by atoms with Crippen LogP contribution in [0.25, 0.3) is 22.4 Å². The van der Waals surface area contributed by atoms with Crippen molar-refractivity contribution in [2.45, 2.75) is 24.6 Å². The standard InChI is InChI=1S/C20H16BrN3OS/c1-12-6-5-8-14-13(2)10-18(22-19(12)14)26-11-17-23-24-20(25-17)15-7-3-4-9-16(15)21/h3-10H,11H2,1-2H3. The molecule has 0 aliphatic heterocycles. The van der Waals surface area contributed by atoms with Gasteiger partial charge in [-0.25, -0.2) is 4.98 Å². The molecular formula is C20H16BrN3OS. The van der Waals surface area contributed by atoms with Crippen molar-refractivity contribution in [2.75, 3.05) is 0 Å². The Balaban J connectivity index is 1.56. The van der Waals surface area contributed by atoms with Crippen LogP contribution in [0, 0.1) is 13.8 Å². The lowest BCUT2D eigenvalue weighted by Crippen LogP contribution is -1.90. The molecule has 0 saturated carbocycles. The lowest BCUT2D eigenvalue weighted by molar-refractivity contribution is 0.528. The molecule has 0 radical (unpaired) electrons. The van der Waals surface area contributed by atoms with E-state index in [-0.39, 0.29) is 0 Å². The minimum atomic E-state index is 0.520. The molecule has 2 aromatic carbocycles. The Kier molecular flexibility index (Phi) is 4.78. The number of nitrogens with zero attached hydrogens (tertiary/aromatic N) is 3. The van der Waals surface area contributed by atoms with E-state index in [0.717, 1.165) is 20.6 Å². The van der Waals surface area contributed by atoms with Gasteiger partial charge >= 0.3 is 0 Å². The molecule has 0 fully saturated rings. The van der Waals surface area contributed by atoms with Gasteiger partial charge in [0.1, 0.15) is 0 Å². The van der Waals surface area contributed by atoms with Gasteiger partial charge in [0.05, 0.1) is 21.9 Å². The highest BCUT2D eigenvalue weighted by atomic mass is 79.9. The molecule has 2 aromatic heterocycles. The number of halogens is 1. The van der Waals surface area contributed by atoms with Crippen molar-refractivity contribution in [2.24, 2.45) is 0 Å². The number of benzene rings is 2. The van der Waals surface area contributed by atoms with Crippen molar-refractivity contribution in [1.29, 1.82) is 0 Å². The zero-order valence-corrected chi connectivity index (χ0v) is 16.8. The fourth-order valence-electron chi connectivity index (χ4n) is 2.80. The van der Waals surface area contributed by atoms with E-state index in [0.29, 0.717) is 17.5 Å². The molecular weight excluding hydrogens is 410 g/mol. The van der Waals surface area contributed by atoms with Crippen molar-refractivity contribution in [3.63, 3.8) is 0 Å². The highest BCUT2D eigenvalue weighted by molar-refractivity contribution is 9.10. The van der Waals surface area contributed by atoms with Gasteiger partial charge in [-0.3, -0.25) is 0 Å². The predicted octanol–water partition coefficient (Wildman–Crippen LogP) is 5.96. The molecule has 0 spiro atoms. The number of rotatable bonds is 4. The molecule has 0 atom stereocenters. The smallest absolute Gasteiger partial charge is 0.248 e. The summed E-state index contributed by atoms with van der Waals surface area (Å²) in [4.78, 5) is 4.80. The number of thioether (sulfide) groups is 1. The van der Waals surface area contributed by atoms with Gasteiger partial charge in [0, 0.05) is 9.86 Å². The molecule has 130 valence electrons. The van der Waals surface area contributed by atoms with Crippen LogP contribution in [0.4, 0.5) is 0 Å². The third kappa shape index (κ3) is 3.39. The van der Waals surface area contributed by atoms with Crippen LogP contribution in [0.5, 0.6) is 0 Å². The Hall–Kier alpha value is -2.18. The van der Waals surface area contributed by atoms with Gasteiger partial charge in [-0.2, -0.15) is 0 Å². The first-order chi connectivity index (χ1) is 12.6. The number of hydrogen-bond acceptors (Lipinski definition) is 5. The molecule has 4 rings (SSSR count). The topological polar surface area (TPSA) is 51.8 Å². The van der Waals surface area contributed by atoms with Gasteiger partial charge in [-0.1, -0.05) is 42.1 Å². The molecule has 0 aliphatic carbocycles. The average molecular weight is 426 g/mol. The minimum absolute atomic E-state index is 0.520. The van der Waals surface area contributed by atoms with Crippen LogP contribution in [0.2, 0.25) is 0 Å². The number of hydrogen-bond donors (Lipinski definition) is 0. The van der Waals surface area contributed by atoms with Crippen molar-refractivity contribution in [3.05, 3.63) is 70.0 Å². The van der Waals surface area contributed by atoms with Crippen molar-refractivity contribution in [3.8, 4) is 11.5 Å². The van der Waals surface area contributed by atoms with Crippen LogP contribution >= 0.6 is 27.7 Å². The Bertz CT molecular complexity index is 1090. The van der Waals surface area contributed by atoms with E-state index >= 15 is 0 Å². The second-order valence-electron chi connectivity index (χ2n) is 6.02. The summed E-state index contributed by atoms with van der Waals surface area (Å²) in [7, 11) is 0.